The molecule has 0 aromatic carbocycles. The molecule has 1 amide bonds. The molecular weight excluding hydrogens is 558 g/mol. The van der Waals surface area contributed by atoms with Crippen LogP contribution in [-0.4, -0.2) is 88.5 Å². The van der Waals surface area contributed by atoms with Crippen LogP contribution in [-0.2, 0) is 16.1 Å². The first-order valence-corrected chi connectivity index (χ1v) is 16.2. The number of carbonyl (C=O) groups is 2. The molecule has 2 aliphatic heterocycles. The van der Waals surface area contributed by atoms with Crippen molar-refractivity contribution in [1.82, 2.24) is 24.8 Å². The van der Waals surface area contributed by atoms with Crippen molar-refractivity contribution in [2.24, 2.45) is 0 Å². The predicted molar refractivity (Wildman–Crippen MR) is 164 cm³/mol. The molecule has 0 radical (unpaired) electrons. The number of nitrogens with zero attached hydrogens (tertiary/aromatic N) is 6. The maximum Gasteiger partial charge on any atom is 0.307 e. The zero-order valence-corrected chi connectivity index (χ0v) is 25.7. The molecule has 2 saturated heterocycles. The van der Waals surface area contributed by atoms with E-state index in [4.69, 9.17) is 9.72 Å². The van der Waals surface area contributed by atoms with Gasteiger partial charge in [-0.25, -0.2) is 15.0 Å². The topological polar surface area (TPSA) is 104 Å². The lowest BCUT2D eigenvalue weighted by molar-refractivity contribution is -0.143. The summed E-state index contributed by atoms with van der Waals surface area (Å²) in [5.41, 5.74) is 2.45. The lowest BCUT2D eigenvalue weighted by Crippen LogP contribution is -2.47. The standard InChI is InChI=1S/C29H39N7O3S2/c1-4-21-7-6-9-36(21)18-24-27(23-15-20(3)19-40-23)32-29(41-24)33-28(38)22-16-31-25(17-30-22)35-13-11-34(12-14-35)10-8-26(37)39-5-2/h15-17,19,21H,4-14,18H2,1-3H3,(H,32,33,38). The Morgan fingerprint density at radius 1 is 1.12 bits per heavy atom. The monoisotopic (exact) mass is 597 g/mol. The molecule has 3 aromatic rings. The van der Waals surface area contributed by atoms with Crippen molar-refractivity contribution >= 4 is 45.5 Å². The van der Waals surface area contributed by atoms with Gasteiger partial charge in [0.25, 0.3) is 5.91 Å². The number of hydrogen-bond donors (Lipinski definition) is 1. The van der Waals surface area contributed by atoms with Gasteiger partial charge >= 0.3 is 5.97 Å². The number of anilines is 2. The molecule has 12 heteroatoms. The number of aryl methyl sites for hydroxylation is 1. The van der Waals surface area contributed by atoms with Crippen molar-refractivity contribution in [3.63, 3.8) is 0 Å². The van der Waals surface area contributed by atoms with Crippen LogP contribution in [0, 0.1) is 6.92 Å². The molecule has 2 fully saturated rings. The Hall–Kier alpha value is -2.93. The largest absolute Gasteiger partial charge is 0.466 e. The molecule has 1 atom stereocenters. The van der Waals surface area contributed by atoms with Gasteiger partial charge in [0.1, 0.15) is 11.5 Å². The van der Waals surface area contributed by atoms with Crippen molar-refractivity contribution in [2.45, 2.75) is 59.0 Å². The van der Waals surface area contributed by atoms with Crippen molar-refractivity contribution in [3.8, 4) is 10.6 Å². The number of aromatic nitrogens is 3. The van der Waals surface area contributed by atoms with Gasteiger partial charge in [0.05, 0.1) is 36.0 Å². The number of piperazine rings is 1. The van der Waals surface area contributed by atoms with Crippen LogP contribution in [0.25, 0.3) is 10.6 Å². The van der Waals surface area contributed by atoms with Crippen LogP contribution < -0.4 is 10.2 Å². The highest BCUT2D eigenvalue weighted by atomic mass is 32.1. The molecule has 3 aromatic heterocycles. The SMILES string of the molecule is CCOC(=O)CCN1CCN(c2cnc(C(=O)Nc3nc(-c4cc(C)cs4)c(CN4CCCC4CC)s3)cn2)CC1. The molecule has 0 saturated carbocycles. The highest BCUT2D eigenvalue weighted by Crippen LogP contribution is 2.37. The van der Waals surface area contributed by atoms with Gasteiger partial charge in [0, 0.05) is 50.2 Å². The molecule has 1 unspecified atom stereocenters. The molecule has 5 heterocycles. The summed E-state index contributed by atoms with van der Waals surface area (Å²) in [6.45, 7) is 12.5. The van der Waals surface area contributed by atoms with E-state index in [1.165, 1.54) is 29.5 Å². The smallest absolute Gasteiger partial charge is 0.307 e. The maximum absolute atomic E-state index is 13.1. The van der Waals surface area contributed by atoms with Crippen molar-refractivity contribution in [2.75, 3.05) is 56.1 Å². The van der Waals surface area contributed by atoms with Crippen LogP contribution in [0.1, 0.15) is 60.5 Å². The minimum atomic E-state index is -0.311. The molecule has 0 spiro atoms. The third-order valence-electron chi connectivity index (χ3n) is 7.70. The van der Waals surface area contributed by atoms with Crippen molar-refractivity contribution < 1.29 is 14.3 Å². The van der Waals surface area contributed by atoms with Gasteiger partial charge in [-0.2, -0.15) is 0 Å². The minimum Gasteiger partial charge on any atom is -0.466 e. The second kappa shape index (κ2) is 13.8. The molecule has 0 bridgehead atoms. The summed E-state index contributed by atoms with van der Waals surface area (Å²) in [4.78, 5) is 47.8. The number of nitrogens with one attached hydrogen (secondary N) is 1. The molecule has 41 heavy (non-hydrogen) atoms. The Morgan fingerprint density at radius 3 is 2.63 bits per heavy atom. The van der Waals surface area contributed by atoms with E-state index in [-0.39, 0.29) is 17.6 Å². The lowest BCUT2D eigenvalue weighted by atomic mass is 10.1. The number of thiazole rings is 1. The van der Waals surface area contributed by atoms with Gasteiger partial charge < -0.3 is 9.64 Å². The minimum absolute atomic E-state index is 0.154. The van der Waals surface area contributed by atoms with E-state index in [0.29, 0.717) is 30.7 Å². The van der Waals surface area contributed by atoms with Crippen LogP contribution in [0.2, 0.25) is 0 Å². The van der Waals surface area contributed by atoms with Gasteiger partial charge in [-0.05, 0) is 56.7 Å². The quantitative estimate of drug-likeness (QED) is 0.316. The molecule has 220 valence electrons. The van der Waals surface area contributed by atoms with Gasteiger partial charge in [0.15, 0.2) is 5.13 Å². The maximum atomic E-state index is 13.1. The fourth-order valence-electron chi connectivity index (χ4n) is 5.46. The molecule has 10 nitrogen and oxygen atoms in total. The number of ether oxygens (including phenoxy) is 1. The fraction of sp³-hybridized carbons (Fsp3) is 0.552. The zero-order chi connectivity index (χ0) is 28.8. The fourth-order valence-corrected chi connectivity index (χ4v) is 7.43. The van der Waals surface area contributed by atoms with Crippen LogP contribution in [0.5, 0.6) is 0 Å². The summed E-state index contributed by atoms with van der Waals surface area (Å²) in [6.07, 6.45) is 7.22. The Kier molecular flexibility index (Phi) is 9.97. The average Bonchev–Trinajstić information content (AvgIpc) is 3.72. The van der Waals surface area contributed by atoms with E-state index in [1.54, 1.807) is 28.9 Å². The number of esters is 1. The summed E-state index contributed by atoms with van der Waals surface area (Å²) < 4.78 is 5.02. The average molecular weight is 598 g/mol. The third kappa shape index (κ3) is 7.48. The molecule has 0 aliphatic carbocycles. The van der Waals surface area contributed by atoms with E-state index in [0.717, 1.165) is 62.1 Å². The first-order chi connectivity index (χ1) is 19.9. The first kappa shape index (κ1) is 29.6. The van der Waals surface area contributed by atoms with E-state index in [9.17, 15) is 9.59 Å². The molecule has 2 aliphatic rings. The Balaban J connectivity index is 1.20. The van der Waals surface area contributed by atoms with Crippen molar-refractivity contribution in [3.05, 3.63) is 40.0 Å². The normalized spacial score (nSPS) is 18.1. The van der Waals surface area contributed by atoms with Crippen LogP contribution in [0.4, 0.5) is 10.9 Å². The predicted octanol–water partition coefficient (Wildman–Crippen LogP) is 4.67. The van der Waals surface area contributed by atoms with Crippen molar-refractivity contribution in [1.29, 1.82) is 0 Å². The van der Waals surface area contributed by atoms with Gasteiger partial charge in [-0.15, -0.1) is 11.3 Å². The molecule has 1 N–H and O–H groups in total. The Labute approximate surface area is 249 Å². The number of carbonyl (C=O) groups excluding carboxylic acids is 2. The summed E-state index contributed by atoms with van der Waals surface area (Å²) in [6, 6.07) is 2.77. The summed E-state index contributed by atoms with van der Waals surface area (Å²) in [5, 5.41) is 5.70. The molecule has 5 rings (SSSR count). The van der Waals surface area contributed by atoms with Crippen LogP contribution in [0.3, 0.4) is 0 Å². The van der Waals surface area contributed by atoms with Gasteiger partial charge in [0.2, 0.25) is 0 Å². The number of rotatable bonds is 11. The van der Waals surface area contributed by atoms with E-state index in [1.807, 2.05) is 6.92 Å². The number of amides is 1. The lowest BCUT2D eigenvalue weighted by Gasteiger charge is -2.35. The van der Waals surface area contributed by atoms with E-state index >= 15 is 0 Å². The van der Waals surface area contributed by atoms with Crippen LogP contribution >= 0.6 is 22.7 Å². The third-order valence-corrected chi connectivity index (χ3v) is 9.71. The van der Waals surface area contributed by atoms with Gasteiger partial charge in [-0.1, -0.05) is 18.3 Å². The highest BCUT2D eigenvalue weighted by molar-refractivity contribution is 7.17. The Bertz CT molecular complexity index is 1320. The highest BCUT2D eigenvalue weighted by Gasteiger charge is 2.26. The summed E-state index contributed by atoms with van der Waals surface area (Å²) >= 11 is 3.25. The number of thiophene rings is 1. The second-order valence-electron chi connectivity index (χ2n) is 10.6. The van der Waals surface area contributed by atoms with E-state index in [2.05, 4.69) is 55.3 Å². The number of hydrogen-bond acceptors (Lipinski definition) is 11. The van der Waals surface area contributed by atoms with E-state index < -0.39 is 0 Å². The zero-order valence-electron chi connectivity index (χ0n) is 24.1. The molecular formula is C29H39N7O3S2. The van der Waals surface area contributed by atoms with Gasteiger partial charge in [-0.3, -0.25) is 24.7 Å². The van der Waals surface area contributed by atoms with Crippen LogP contribution in [0.15, 0.2) is 23.8 Å². The Morgan fingerprint density at radius 2 is 1.95 bits per heavy atom. The summed E-state index contributed by atoms with van der Waals surface area (Å²) in [7, 11) is 0. The second-order valence-corrected chi connectivity index (χ2v) is 12.5. The summed E-state index contributed by atoms with van der Waals surface area (Å²) in [5.74, 6) is 0.280. The first-order valence-electron chi connectivity index (χ1n) is 14.5. The number of likely N-dealkylation sites (tertiary alicyclic amines) is 1.